The fourth-order valence-corrected chi connectivity index (χ4v) is 2.27. The summed E-state index contributed by atoms with van der Waals surface area (Å²) in [5, 5.41) is 10.7. The lowest BCUT2D eigenvalue weighted by atomic mass is 10.2. The Morgan fingerprint density at radius 3 is 3.27 bits per heavy atom. The molecule has 0 amide bonds. The van der Waals surface area contributed by atoms with Crippen LogP contribution in [0.15, 0.2) is 11.4 Å². The highest BCUT2D eigenvalue weighted by Crippen LogP contribution is 2.19. The minimum absolute atomic E-state index is 0.0785. The summed E-state index contributed by atoms with van der Waals surface area (Å²) >= 11 is 1.45. The smallest absolute Gasteiger partial charge is 0.158 e. The molecule has 3 nitrogen and oxygen atoms in total. The van der Waals surface area contributed by atoms with E-state index in [9.17, 15) is 0 Å². The fraction of sp³-hybridized carbons (Fsp3) is 0.545. The predicted octanol–water partition coefficient (Wildman–Crippen LogP) is 2.66. The molecule has 15 heavy (non-hydrogen) atoms. The van der Waals surface area contributed by atoms with Crippen molar-refractivity contribution in [1.29, 1.82) is 5.26 Å². The van der Waals surface area contributed by atoms with Gasteiger partial charge in [-0.2, -0.15) is 5.26 Å². The van der Waals surface area contributed by atoms with Crippen molar-refractivity contribution in [3.8, 4) is 6.07 Å². The van der Waals surface area contributed by atoms with E-state index < -0.39 is 0 Å². The number of hydrogen-bond donors (Lipinski definition) is 0. The average molecular weight is 223 g/mol. The molecule has 1 aliphatic rings. The molecule has 0 saturated carbocycles. The van der Waals surface area contributed by atoms with E-state index in [-0.39, 0.29) is 6.29 Å². The van der Waals surface area contributed by atoms with Gasteiger partial charge in [0.25, 0.3) is 0 Å². The number of thiophene rings is 1. The van der Waals surface area contributed by atoms with Crippen LogP contribution in [0.2, 0.25) is 0 Å². The van der Waals surface area contributed by atoms with Crippen molar-refractivity contribution in [2.75, 3.05) is 6.61 Å². The predicted molar refractivity (Wildman–Crippen MR) is 57.4 cm³/mol. The Labute approximate surface area is 93.2 Å². The van der Waals surface area contributed by atoms with Gasteiger partial charge in [0, 0.05) is 12.2 Å². The van der Waals surface area contributed by atoms with E-state index in [1.807, 2.05) is 11.4 Å². The van der Waals surface area contributed by atoms with E-state index in [1.54, 1.807) is 0 Å². The van der Waals surface area contributed by atoms with E-state index in [2.05, 4.69) is 6.07 Å². The molecule has 80 valence electrons. The molecule has 0 aliphatic carbocycles. The zero-order chi connectivity index (χ0) is 10.5. The maximum atomic E-state index is 8.82. The van der Waals surface area contributed by atoms with Crippen LogP contribution in [-0.4, -0.2) is 12.9 Å². The lowest BCUT2D eigenvalue weighted by Gasteiger charge is -2.22. The van der Waals surface area contributed by atoms with E-state index in [0.29, 0.717) is 6.61 Å². The van der Waals surface area contributed by atoms with Gasteiger partial charge < -0.3 is 9.47 Å². The summed E-state index contributed by atoms with van der Waals surface area (Å²) in [6.45, 7) is 1.27. The Kier molecular flexibility index (Phi) is 3.73. The molecule has 0 radical (unpaired) electrons. The molecule has 2 rings (SSSR count). The first-order valence-electron chi connectivity index (χ1n) is 5.10. The summed E-state index contributed by atoms with van der Waals surface area (Å²) < 4.78 is 11.1. The molecule has 0 bridgehead atoms. The Bertz CT molecular complexity index is 350. The molecule has 0 spiro atoms. The van der Waals surface area contributed by atoms with Crippen LogP contribution in [-0.2, 0) is 16.1 Å². The standard InChI is InChI=1S/C11H13NO2S/c12-7-10-9(4-6-15-10)8-14-11-3-1-2-5-13-11/h4,6,11H,1-3,5,8H2. The second kappa shape index (κ2) is 5.26. The van der Waals surface area contributed by atoms with Crippen molar-refractivity contribution >= 4 is 11.3 Å². The summed E-state index contributed by atoms with van der Waals surface area (Å²) in [5.74, 6) is 0. The third-order valence-electron chi connectivity index (χ3n) is 2.41. The largest absolute Gasteiger partial charge is 0.353 e. The summed E-state index contributed by atoms with van der Waals surface area (Å²) in [6, 6.07) is 4.10. The van der Waals surface area contributed by atoms with Gasteiger partial charge in [-0.05, 0) is 30.7 Å². The molecule has 1 atom stereocenters. The maximum Gasteiger partial charge on any atom is 0.158 e. The van der Waals surface area contributed by atoms with Crippen molar-refractivity contribution in [2.45, 2.75) is 32.2 Å². The molecule has 4 heteroatoms. The van der Waals surface area contributed by atoms with Gasteiger partial charge in [-0.1, -0.05) is 0 Å². The lowest BCUT2D eigenvalue weighted by Crippen LogP contribution is -2.22. The molecule has 1 aliphatic heterocycles. The minimum Gasteiger partial charge on any atom is -0.353 e. The molecule has 1 aromatic heterocycles. The second-order valence-corrected chi connectivity index (χ2v) is 4.41. The van der Waals surface area contributed by atoms with Crippen LogP contribution in [0.25, 0.3) is 0 Å². The van der Waals surface area contributed by atoms with Gasteiger partial charge >= 0.3 is 0 Å². The van der Waals surface area contributed by atoms with Crippen LogP contribution < -0.4 is 0 Å². The number of nitrogens with zero attached hydrogens (tertiary/aromatic N) is 1. The first-order chi connectivity index (χ1) is 7.40. The van der Waals surface area contributed by atoms with Crippen molar-refractivity contribution in [3.05, 3.63) is 21.9 Å². The van der Waals surface area contributed by atoms with Gasteiger partial charge in [0.15, 0.2) is 6.29 Å². The summed E-state index contributed by atoms with van der Waals surface area (Å²) in [5.41, 5.74) is 0.969. The zero-order valence-electron chi connectivity index (χ0n) is 8.44. The third-order valence-corrected chi connectivity index (χ3v) is 3.27. The van der Waals surface area contributed by atoms with Gasteiger partial charge in [-0.3, -0.25) is 0 Å². The highest BCUT2D eigenvalue weighted by Gasteiger charge is 2.14. The quantitative estimate of drug-likeness (QED) is 0.791. The molecular weight excluding hydrogens is 210 g/mol. The molecular formula is C11H13NO2S. The van der Waals surface area contributed by atoms with Crippen LogP contribution in [0.4, 0.5) is 0 Å². The fourth-order valence-electron chi connectivity index (χ4n) is 1.57. The van der Waals surface area contributed by atoms with Crippen LogP contribution in [0.5, 0.6) is 0 Å². The van der Waals surface area contributed by atoms with Crippen LogP contribution in [0.1, 0.15) is 29.7 Å². The Balaban J connectivity index is 1.85. The molecule has 1 saturated heterocycles. The van der Waals surface area contributed by atoms with E-state index in [0.717, 1.165) is 29.9 Å². The van der Waals surface area contributed by atoms with Crippen molar-refractivity contribution in [1.82, 2.24) is 0 Å². The summed E-state index contributed by atoms with van der Waals surface area (Å²) in [6.07, 6.45) is 3.18. The Morgan fingerprint density at radius 2 is 2.53 bits per heavy atom. The monoisotopic (exact) mass is 223 g/mol. The highest BCUT2D eigenvalue weighted by atomic mass is 32.1. The lowest BCUT2D eigenvalue weighted by molar-refractivity contribution is -0.168. The normalized spacial score (nSPS) is 21.1. The molecule has 1 unspecified atom stereocenters. The number of rotatable bonds is 3. The molecule has 2 heterocycles. The molecule has 1 fully saturated rings. The maximum absolute atomic E-state index is 8.82. The Morgan fingerprint density at radius 1 is 1.60 bits per heavy atom. The van der Waals surface area contributed by atoms with Crippen LogP contribution in [0.3, 0.4) is 0 Å². The van der Waals surface area contributed by atoms with E-state index in [4.69, 9.17) is 14.7 Å². The van der Waals surface area contributed by atoms with E-state index >= 15 is 0 Å². The van der Waals surface area contributed by atoms with Crippen LogP contribution >= 0.6 is 11.3 Å². The third kappa shape index (κ3) is 2.78. The topological polar surface area (TPSA) is 42.2 Å². The van der Waals surface area contributed by atoms with Gasteiger partial charge in [0.2, 0.25) is 0 Å². The van der Waals surface area contributed by atoms with Gasteiger partial charge in [0.05, 0.1) is 6.61 Å². The SMILES string of the molecule is N#Cc1sccc1COC1CCCCO1. The van der Waals surface area contributed by atoms with Crippen molar-refractivity contribution < 1.29 is 9.47 Å². The second-order valence-electron chi connectivity index (χ2n) is 3.49. The first-order valence-corrected chi connectivity index (χ1v) is 5.98. The Hall–Kier alpha value is -0.890. The molecule has 1 aromatic rings. The number of nitriles is 1. The highest BCUT2D eigenvalue weighted by molar-refractivity contribution is 7.10. The summed E-state index contributed by atoms with van der Waals surface area (Å²) in [4.78, 5) is 0.741. The minimum atomic E-state index is -0.0785. The first kappa shape index (κ1) is 10.6. The van der Waals surface area contributed by atoms with Gasteiger partial charge in [0.1, 0.15) is 10.9 Å². The number of hydrogen-bond acceptors (Lipinski definition) is 4. The average Bonchev–Trinajstić information content (AvgIpc) is 2.75. The molecule has 0 aromatic carbocycles. The van der Waals surface area contributed by atoms with Gasteiger partial charge in [-0.25, -0.2) is 0 Å². The zero-order valence-corrected chi connectivity index (χ0v) is 9.26. The van der Waals surface area contributed by atoms with E-state index in [1.165, 1.54) is 17.8 Å². The van der Waals surface area contributed by atoms with Crippen molar-refractivity contribution in [3.63, 3.8) is 0 Å². The van der Waals surface area contributed by atoms with Crippen LogP contribution in [0, 0.1) is 11.3 Å². The summed E-state index contributed by atoms with van der Waals surface area (Å²) in [7, 11) is 0. The van der Waals surface area contributed by atoms with Crippen molar-refractivity contribution in [2.24, 2.45) is 0 Å². The van der Waals surface area contributed by atoms with Gasteiger partial charge in [-0.15, -0.1) is 11.3 Å². The molecule has 0 N–H and O–H groups in total. The number of ether oxygens (including phenoxy) is 2.